The molecule has 0 aliphatic rings. The number of hydrogen-bond donors (Lipinski definition) is 3. The van der Waals surface area contributed by atoms with Crippen molar-refractivity contribution in [3.05, 3.63) is 24.3 Å². The molecular formula is C72H136O17P2. The number of esters is 4. The largest absolute Gasteiger partial charge is 0.472 e. The number of aliphatic hydroxyl groups is 1. The summed E-state index contributed by atoms with van der Waals surface area (Å²) in [6.45, 7) is 11.7. The molecule has 0 aromatic heterocycles. The minimum atomic E-state index is -4.96. The van der Waals surface area contributed by atoms with Gasteiger partial charge >= 0.3 is 39.5 Å². The van der Waals surface area contributed by atoms with Crippen molar-refractivity contribution >= 4 is 39.5 Å². The molecule has 0 bridgehead atoms. The molecule has 4 unspecified atom stereocenters. The Kier molecular flexibility index (Phi) is 60.7. The fourth-order valence-corrected chi connectivity index (χ4v) is 11.9. The van der Waals surface area contributed by atoms with Crippen molar-refractivity contribution < 1.29 is 80.2 Å². The Balaban J connectivity index is 5.30. The minimum Gasteiger partial charge on any atom is -0.462 e. The van der Waals surface area contributed by atoms with Gasteiger partial charge in [-0.05, 0) is 69.1 Å². The molecule has 0 aromatic rings. The van der Waals surface area contributed by atoms with Gasteiger partial charge in [0.2, 0.25) is 0 Å². The number of carbonyl (C=O) groups excluding carboxylic acids is 4. The molecule has 6 atom stereocenters. The van der Waals surface area contributed by atoms with Crippen molar-refractivity contribution in [3.63, 3.8) is 0 Å². The molecule has 3 N–H and O–H groups in total. The summed E-state index contributed by atoms with van der Waals surface area (Å²) in [5.74, 6) is 0.0903. The summed E-state index contributed by atoms with van der Waals surface area (Å²) < 4.78 is 68.3. The van der Waals surface area contributed by atoms with Crippen LogP contribution >= 0.6 is 15.6 Å². The summed E-state index contributed by atoms with van der Waals surface area (Å²) in [6.07, 6.45) is 49.4. The monoisotopic (exact) mass is 1330 g/mol. The highest BCUT2D eigenvalue weighted by atomic mass is 31.2. The van der Waals surface area contributed by atoms with Crippen molar-refractivity contribution in [3.8, 4) is 0 Å². The SMILES string of the molecule is CCCCCC/C=C\C=C/CCCCCCCC(=O)O[C@H](COC(=O)CCCCCCCCCCCC(C)C)COP(=O)(O)OCC(O)COP(=O)(O)OC[C@@H](COC(=O)CCCCCCCCCC(C)C)OC(=O)CCCCCCCCCCCCC(C)CC. The number of rotatable bonds is 68. The van der Waals surface area contributed by atoms with Gasteiger partial charge in [0.15, 0.2) is 12.2 Å². The summed E-state index contributed by atoms with van der Waals surface area (Å²) in [4.78, 5) is 72.6. The van der Waals surface area contributed by atoms with Gasteiger partial charge in [0.05, 0.1) is 26.4 Å². The van der Waals surface area contributed by atoms with Crippen LogP contribution in [0.4, 0.5) is 0 Å². The third-order valence-electron chi connectivity index (χ3n) is 16.4. The quantitative estimate of drug-likeness (QED) is 0.0169. The van der Waals surface area contributed by atoms with E-state index in [2.05, 4.69) is 72.8 Å². The Morgan fingerprint density at radius 3 is 0.978 bits per heavy atom. The number of phosphoric acid groups is 2. The first-order valence-corrected chi connectivity index (χ1v) is 39.7. The van der Waals surface area contributed by atoms with Gasteiger partial charge in [-0.2, -0.15) is 0 Å². The molecule has 0 amide bonds. The third kappa shape index (κ3) is 64.6. The Morgan fingerprint density at radius 2 is 0.648 bits per heavy atom. The number of hydrogen-bond acceptors (Lipinski definition) is 15. The van der Waals surface area contributed by atoms with Gasteiger partial charge < -0.3 is 33.8 Å². The van der Waals surface area contributed by atoms with Gasteiger partial charge in [-0.3, -0.25) is 37.3 Å². The van der Waals surface area contributed by atoms with Gasteiger partial charge in [0.1, 0.15) is 19.3 Å². The first-order valence-electron chi connectivity index (χ1n) is 36.7. The van der Waals surface area contributed by atoms with E-state index in [0.717, 1.165) is 121 Å². The predicted octanol–water partition coefficient (Wildman–Crippen LogP) is 20.2. The van der Waals surface area contributed by atoms with Crippen molar-refractivity contribution in [1.29, 1.82) is 0 Å². The Hall–Kier alpha value is -2.46. The van der Waals surface area contributed by atoms with E-state index in [1.165, 1.54) is 128 Å². The summed E-state index contributed by atoms with van der Waals surface area (Å²) in [5, 5.41) is 10.6. The van der Waals surface area contributed by atoms with E-state index in [0.29, 0.717) is 31.6 Å². The average molecular weight is 1340 g/mol. The first-order chi connectivity index (χ1) is 43.8. The summed E-state index contributed by atoms with van der Waals surface area (Å²) in [7, 11) is -9.92. The Morgan fingerprint density at radius 1 is 0.363 bits per heavy atom. The smallest absolute Gasteiger partial charge is 0.462 e. The lowest BCUT2D eigenvalue weighted by atomic mass is 9.99. The minimum absolute atomic E-state index is 0.0841. The summed E-state index contributed by atoms with van der Waals surface area (Å²) in [6, 6.07) is 0. The fourth-order valence-electron chi connectivity index (χ4n) is 10.3. The molecule has 0 fully saturated rings. The van der Waals surface area contributed by atoms with E-state index in [1.54, 1.807) is 0 Å². The molecule has 0 aliphatic carbocycles. The standard InChI is InChI=1S/C72H136O17P2/c1-8-10-11-12-13-14-15-16-17-18-19-25-33-41-48-55-71(76)88-67(59-82-69(74)53-46-39-32-27-22-23-29-36-43-50-63(3)4)61-86-90(78,79)84-57-66(73)58-85-91(80,81)87-62-68(60-83-70(75)54-47-40-35-28-30-37-44-51-64(5)6)89-72(77)56-49-42-34-26-21-20-24-31-38-45-52-65(7)9-2/h14-17,63-68,73H,8-13,18-62H2,1-7H3,(H,78,79)(H,80,81)/b15-14-,17-16-/t65?,66?,67-,68-/m1/s1. The summed E-state index contributed by atoms with van der Waals surface area (Å²) in [5.41, 5.74) is 0. The normalized spacial score (nSPS) is 14.6. The molecule has 17 nitrogen and oxygen atoms in total. The molecule has 0 rings (SSSR count). The number of phosphoric ester groups is 2. The molecule has 0 aromatic carbocycles. The van der Waals surface area contributed by atoms with E-state index in [9.17, 15) is 43.2 Å². The Bertz CT molecular complexity index is 1880. The maximum atomic E-state index is 13.0. The number of allylic oxidation sites excluding steroid dienone is 4. The second kappa shape index (κ2) is 62.4. The van der Waals surface area contributed by atoms with Gasteiger partial charge in [0, 0.05) is 25.7 Å². The van der Waals surface area contributed by atoms with Crippen LogP contribution in [0.3, 0.4) is 0 Å². The second-order valence-electron chi connectivity index (χ2n) is 26.5. The number of unbranched alkanes of at least 4 members (excludes halogenated alkanes) is 32. The zero-order chi connectivity index (χ0) is 67.3. The van der Waals surface area contributed by atoms with Gasteiger partial charge in [-0.25, -0.2) is 9.13 Å². The molecule has 0 saturated heterocycles. The van der Waals surface area contributed by atoms with Crippen LogP contribution in [0.5, 0.6) is 0 Å². The van der Waals surface area contributed by atoms with Crippen LogP contribution in [0.25, 0.3) is 0 Å². The molecule has 0 spiro atoms. The highest BCUT2D eigenvalue weighted by Crippen LogP contribution is 2.45. The third-order valence-corrected chi connectivity index (χ3v) is 18.3. The molecule has 0 heterocycles. The number of aliphatic hydroxyl groups excluding tert-OH is 1. The van der Waals surface area contributed by atoms with Crippen molar-refractivity contribution in [1.82, 2.24) is 0 Å². The van der Waals surface area contributed by atoms with E-state index >= 15 is 0 Å². The van der Waals surface area contributed by atoms with E-state index in [4.69, 9.17) is 37.0 Å². The van der Waals surface area contributed by atoms with Crippen LogP contribution in [-0.4, -0.2) is 96.7 Å². The second-order valence-corrected chi connectivity index (χ2v) is 29.4. The lowest BCUT2D eigenvalue weighted by molar-refractivity contribution is -0.161. The maximum Gasteiger partial charge on any atom is 0.472 e. The zero-order valence-corrected chi connectivity index (χ0v) is 60.6. The van der Waals surface area contributed by atoms with Gasteiger partial charge in [-0.15, -0.1) is 0 Å². The molecule has 0 saturated carbocycles. The highest BCUT2D eigenvalue weighted by Gasteiger charge is 2.30. The molecule has 0 aliphatic heterocycles. The van der Waals surface area contributed by atoms with Crippen LogP contribution in [0.15, 0.2) is 24.3 Å². The topological polar surface area (TPSA) is 237 Å². The predicted molar refractivity (Wildman–Crippen MR) is 367 cm³/mol. The van der Waals surface area contributed by atoms with Crippen LogP contribution in [-0.2, 0) is 65.4 Å². The van der Waals surface area contributed by atoms with E-state index in [-0.39, 0.29) is 25.7 Å². The number of carbonyl (C=O) groups is 4. The maximum absolute atomic E-state index is 13.0. The van der Waals surface area contributed by atoms with Gasteiger partial charge in [0.25, 0.3) is 0 Å². The summed E-state index contributed by atoms with van der Waals surface area (Å²) >= 11 is 0. The lowest BCUT2D eigenvalue weighted by Crippen LogP contribution is -2.30. The van der Waals surface area contributed by atoms with Gasteiger partial charge in [-0.1, -0.05) is 285 Å². The van der Waals surface area contributed by atoms with Crippen LogP contribution in [0.1, 0.15) is 337 Å². The molecule has 536 valence electrons. The molecule has 19 heteroatoms. The fraction of sp³-hybridized carbons (Fsp3) is 0.889. The van der Waals surface area contributed by atoms with Crippen LogP contribution in [0.2, 0.25) is 0 Å². The van der Waals surface area contributed by atoms with Crippen molar-refractivity contribution in [2.24, 2.45) is 17.8 Å². The van der Waals surface area contributed by atoms with Crippen molar-refractivity contribution in [2.45, 2.75) is 356 Å². The Labute approximate surface area is 554 Å². The van der Waals surface area contributed by atoms with Crippen molar-refractivity contribution in [2.75, 3.05) is 39.6 Å². The molecular weight excluding hydrogens is 1200 g/mol. The highest BCUT2D eigenvalue weighted by molar-refractivity contribution is 7.47. The average Bonchev–Trinajstić information content (AvgIpc) is 3.68. The molecule has 0 radical (unpaired) electrons. The first kappa shape index (κ1) is 88.5. The van der Waals surface area contributed by atoms with E-state index < -0.39 is 97.5 Å². The number of ether oxygens (including phenoxy) is 4. The van der Waals surface area contributed by atoms with Crippen LogP contribution in [0, 0.1) is 17.8 Å². The van der Waals surface area contributed by atoms with Crippen LogP contribution < -0.4 is 0 Å². The van der Waals surface area contributed by atoms with E-state index in [1.807, 2.05) is 0 Å². The molecule has 91 heavy (non-hydrogen) atoms. The zero-order valence-electron chi connectivity index (χ0n) is 58.8. The lowest BCUT2D eigenvalue weighted by Gasteiger charge is -2.21.